The summed E-state index contributed by atoms with van der Waals surface area (Å²) in [7, 11) is 0. The molecule has 2 N–H and O–H groups in total. The summed E-state index contributed by atoms with van der Waals surface area (Å²) in [5.74, 6) is -1.65. The van der Waals surface area contributed by atoms with E-state index >= 15 is 0 Å². The smallest absolute Gasteiger partial charge is 0.319 e. The second kappa shape index (κ2) is 10.8. The molecule has 28 heavy (non-hydrogen) atoms. The number of ether oxygens (including phenoxy) is 1. The average Bonchev–Trinajstić information content (AvgIpc) is 3.21. The Labute approximate surface area is 170 Å². The first kappa shape index (κ1) is 21.9. The van der Waals surface area contributed by atoms with E-state index in [1.807, 2.05) is 24.4 Å². The Hall–Kier alpha value is -2.39. The van der Waals surface area contributed by atoms with Crippen LogP contribution in [0.15, 0.2) is 41.8 Å². The van der Waals surface area contributed by atoms with Gasteiger partial charge in [-0.05, 0) is 49.6 Å². The maximum Gasteiger partial charge on any atom is 0.319 e. The molecule has 0 spiro atoms. The summed E-state index contributed by atoms with van der Waals surface area (Å²) in [6.45, 7) is 3.08. The van der Waals surface area contributed by atoms with Crippen molar-refractivity contribution in [1.29, 1.82) is 0 Å². The van der Waals surface area contributed by atoms with E-state index in [4.69, 9.17) is 4.74 Å². The Morgan fingerprint density at radius 1 is 1.14 bits per heavy atom. The van der Waals surface area contributed by atoms with Crippen molar-refractivity contribution < 1.29 is 23.5 Å². The fourth-order valence-corrected chi connectivity index (χ4v) is 3.56. The number of thiophene rings is 1. The monoisotopic (exact) mass is 424 g/mol. The second-order valence-electron chi connectivity index (χ2n) is 5.92. The predicted octanol–water partition coefficient (Wildman–Crippen LogP) is 3.37. The van der Waals surface area contributed by atoms with Gasteiger partial charge in [-0.3, -0.25) is 14.4 Å². The zero-order chi connectivity index (χ0) is 20.5. The van der Waals surface area contributed by atoms with Crippen LogP contribution in [0.2, 0.25) is 0 Å². The van der Waals surface area contributed by atoms with Crippen molar-refractivity contribution in [1.82, 2.24) is 5.32 Å². The van der Waals surface area contributed by atoms with Crippen LogP contribution in [0, 0.1) is 5.82 Å². The molecule has 9 heteroatoms. The third-order valence-electron chi connectivity index (χ3n) is 3.62. The van der Waals surface area contributed by atoms with Gasteiger partial charge >= 0.3 is 5.97 Å². The van der Waals surface area contributed by atoms with E-state index in [1.165, 1.54) is 35.6 Å². The van der Waals surface area contributed by atoms with Crippen LogP contribution < -0.4 is 10.6 Å². The number of carbonyl (C=O) groups excluding carboxylic acids is 3. The van der Waals surface area contributed by atoms with E-state index in [-0.39, 0.29) is 30.2 Å². The highest BCUT2D eigenvalue weighted by Crippen LogP contribution is 2.18. The van der Waals surface area contributed by atoms with Crippen LogP contribution >= 0.6 is 23.1 Å². The number of rotatable bonds is 9. The molecule has 0 saturated heterocycles. The summed E-state index contributed by atoms with van der Waals surface area (Å²) in [4.78, 5) is 36.8. The molecule has 2 amide bonds. The highest BCUT2D eigenvalue weighted by Gasteiger charge is 2.19. The molecule has 1 aromatic carbocycles. The number of benzene rings is 1. The van der Waals surface area contributed by atoms with Crippen molar-refractivity contribution >= 4 is 46.6 Å². The van der Waals surface area contributed by atoms with E-state index < -0.39 is 17.0 Å². The lowest BCUT2D eigenvalue weighted by molar-refractivity contribution is -0.147. The van der Waals surface area contributed by atoms with Gasteiger partial charge in [0.15, 0.2) is 6.61 Å². The molecule has 0 unspecified atom stereocenters. The molecule has 150 valence electrons. The summed E-state index contributed by atoms with van der Waals surface area (Å²) in [6.07, 6.45) is 0. The summed E-state index contributed by atoms with van der Waals surface area (Å²) >= 11 is 2.62. The average molecular weight is 425 g/mol. The fourth-order valence-electron chi connectivity index (χ4n) is 2.14. The minimum absolute atomic E-state index is 0.0231. The van der Waals surface area contributed by atoms with E-state index in [0.717, 1.165) is 16.6 Å². The second-order valence-corrected chi connectivity index (χ2v) is 8.23. The van der Waals surface area contributed by atoms with E-state index in [2.05, 4.69) is 10.6 Å². The predicted molar refractivity (Wildman–Crippen MR) is 109 cm³/mol. The molecular weight excluding hydrogens is 403 g/mol. The van der Waals surface area contributed by atoms with Crippen LogP contribution in [-0.2, 0) is 19.1 Å². The number of hydrogen-bond acceptors (Lipinski definition) is 6. The summed E-state index contributed by atoms with van der Waals surface area (Å²) in [5, 5.41) is 6.67. The van der Waals surface area contributed by atoms with Gasteiger partial charge in [0.1, 0.15) is 11.1 Å². The molecule has 0 fully saturated rings. The Bertz CT molecular complexity index is 797. The number of halogens is 1. The standard InChI is InChI=1S/C19H21FN2O4S2/c1-12(16-4-3-9-27-16)21-17(23)10-26-19(25)13(2)28-11-18(24)22-15-7-5-14(20)6-8-15/h3-9,12-13H,10-11H2,1-2H3,(H,21,23)(H,22,24)/t12-,13-/m0/s1. The SMILES string of the molecule is C[C@H](SCC(=O)Nc1ccc(F)cc1)C(=O)OCC(=O)N[C@@H](C)c1cccs1. The van der Waals surface area contributed by atoms with Gasteiger partial charge in [-0.2, -0.15) is 0 Å². The molecule has 0 aliphatic heterocycles. The van der Waals surface area contributed by atoms with Crippen LogP contribution in [0.1, 0.15) is 24.8 Å². The van der Waals surface area contributed by atoms with E-state index in [1.54, 1.807) is 6.92 Å². The van der Waals surface area contributed by atoms with Gasteiger partial charge in [-0.25, -0.2) is 4.39 Å². The van der Waals surface area contributed by atoms with Gasteiger partial charge in [0.05, 0.1) is 11.8 Å². The van der Waals surface area contributed by atoms with Crippen LogP contribution in [0.25, 0.3) is 0 Å². The topological polar surface area (TPSA) is 84.5 Å². The lowest BCUT2D eigenvalue weighted by atomic mass is 10.3. The molecular formula is C19H21FN2O4S2. The number of nitrogens with one attached hydrogen (secondary N) is 2. The molecule has 2 atom stereocenters. The first-order valence-corrected chi connectivity index (χ1v) is 10.4. The summed E-state index contributed by atoms with van der Waals surface area (Å²) < 4.78 is 17.8. The first-order valence-electron chi connectivity index (χ1n) is 8.51. The number of esters is 1. The van der Waals surface area contributed by atoms with Crippen LogP contribution in [-0.4, -0.2) is 35.4 Å². The third-order valence-corrected chi connectivity index (χ3v) is 5.79. The molecule has 2 rings (SSSR count). The first-order chi connectivity index (χ1) is 13.3. The lowest BCUT2D eigenvalue weighted by Gasteiger charge is -2.14. The Balaban J connectivity index is 1.66. The van der Waals surface area contributed by atoms with Gasteiger partial charge in [-0.15, -0.1) is 23.1 Å². The fraction of sp³-hybridized carbons (Fsp3) is 0.316. The molecule has 0 radical (unpaired) electrons. The zero-order valence-electron chi connectivity index (χ0n) is 15.4. The van der Waals surface area contributed by atoms with Gasteiger partial charge in [0, 0.05) is 10.6 Å². The van der Waals surface area contributed by atoms with Gasteiger partial charge < -0.3 is 15.4 Å². The highest BCUT2D eigenvalue weighted by molar-refractivity contribution is 8.01. The highest BCUT2D eigenvalue weighted by atomic mass is 32.2. The van der Waals surface area contributed by atoms with Gasteiger partial charge in [0.2, 0.25) is 5.91 Å². The van der Waals surface area contributed by atoms with Crippen molar-refractivity contribution in [3.63, 3.8) is 0 Å². The van der Waals surface area contributed by atoms with Gasteiger partial charge in [-0.1, -0.05) is 6.07 Å². The molecule has 6 nitrogen and oxygen atoms in total. The molecule has 0 aliphatic rings. The van der Waals surface area contributed by atoms with E-state index in [0.29, 0.717) is 5.69 Å². The lowest BCUT2D eigenvalue weighted by Crippen LogP contribution is -2.32. The third kappa shape index (κ3) is 7.32. The minimum atomic E-state index is -0.610. The number of amides is 2. The van der Waals surface area contributed by atoms with Crippen LogP contribution in [0.5, 0.6) is 0 Å². The zero-order valence-corrected chi connectivity index (χ0v) is 17.1. The minimum Gasteiger partial charge on any atom is -0.455 e. The number of carbonyl (C=O) groups is 3. The largest absolute Gasteiger partial charge is 0.455 e. The Kier molecular flexibility index (Phi) is 8.46. The van der Waals surface area contributed by atoms with Crippen molar-refractivity contribution in [3.8, 4) is 0 Å². The molecule has 1 heterocycles. The maximum atomic E-state index is 12.8. The van der Waals surface area contributed by atoms with Crippen molar-refractivity contribution in [2.45, 2.75) is 25.1 Å². The molecule has 0 aliphatic carbocycles. The van der Waals surface area contributed by atoms with Crippen molar-refractivity contribution in [2.24, 2.45) is 0 Å². The quantitative estimate of drug-likeness (QED) is 0.603. The van der Waals surface area contributed by atoms with Crippen molar-refractivity contribution in [3.05, 3.63) is 52.5 Å². The van der Waals surface area contributed by atoms with Crippen molar-refractivity contribution in [2.75, 3.05) is 17.7 Å². The van der Waals surface area contributed by atoms with E-state index in [9.17, 15) is 18.8 Å². The molecule has 0 saturated carbocycles. The Morgan fingerprint density at radius 2 is 1.86 bits per heavy atom. The normalized spacial score (nSPS) is 12.7. The number of thioether (sulfide) groups is 1. The molecule has 2 aromatic rings. The maximum absolute atomic E-state index is 12.8. The molecule has 0 bridgehead atoms. The molecule has 1 aromatic heterocycles. The summed E-state index contributed by atoms with van der Waals surface area (Å²) in [6, 6.07) is 9.04. The van der Waals surface area contributed by atoms with Crippen LogP contribution in [0.4, 0.5) is 10.1 Å². The number of hydrogen-bond donors (Lipinski definition) is 2. The van der Waals surface area contributed by atoms with Gasteiger partial charge in [0.25, 0.3) is 5.91 Å². The van der Waals surface area contributed by atoms with Crippen LogP contribution in [0.3, 0.4) is 0 Å². The summed E-state index contributed by atoms with van der Waals surface area (Å²) in [5.41, 5.74) is 0.471. The number of anilines is 1. The Morgan fingerprint density at radius 3 is 2.50 bits per heavy atom.